The van der Waals surface area contributed by atoms with Crippen LogP contribution < -0.4 is 0 Å². The van der Waals surface area contributed by atoms with Gasteiger partial charge in [-0.05, 0) is 45.2 Å². The highest BCUT2D eigenvalue weighted by Crippen LogP contribution is 2.17. The van der Waals surface area contributed by atoms with Gasteiger partial charge in [0.05, 0.1) is 6.33 Å². The van der Waals surface area contributed by atoms with Gasteiger partial charge in [0.1, 0.15) is 0 Å². The first-order valence-corrected chi connectivity index (χ1v) is 4.76. The summed E-state index contributed by atoms with van der Waals surface area (Å²) < 4.78 is 12.3. The molecular weight excluding hydrogens is 153 g/mol. The monoisotopic (exact) mass is 171 g/mol. The molecule has 1 fully saturated rings. The first kappa shape index (κ1) is 9.72. The van der Waals surface area contributed by atoms with E-state index in [2.05, 4.69) is 18.7 Å². The van der Waals surface area contributed by atoms with Crippen LogP contribution in [0.1, 0.15) is 33.1 Å². The molecule has 0 aromatic carbocycles. The predicted octanol–water partition coefficient (Wildman–Crippen LogP) is 2.73. The van der Waals surface area contributed by atoms with Gasteiger partial charge in [0.2, 0.25) is 0 Å². The van der Waals surface area contributed by atoms with Gasteiger partial charge >= 0.3 is 0 Å². The van der Waals surface area contributed by atoms with Crippen molar-refractivity contribution in [2.24, 2.45) is 0 Å². The van der Waals surface area contributed by atoms with Crippen LogP contribution in [-0.2, 0) is 0 Å². The van der Waals surface area contributed by atoms with Gasteiger partial charge in [-0.25, -0.2) is 4.39 Å². The first-order valence-electron chi connectivity index (χ1n) is 4.76. The molecule has 0 aromatic heterocycles. The van der Waals surface area contributed by atoms with Gasteiger partial charge in [-0.15, -0.1) is 0 Å². The lowest BCUT2D eigenvalue weighted by molar-refractivity contribution is 0.245. The molecule has 1 heterocycles. The van der Waals surface area contributed by atoms with Gasteiger partial charge in [0.15, 0.2) is 0 Å². The summed E-state index contributed by atoms with van der Waals surface area (Å²) in [5.74, 6) is 0. The van der Waals surface area contributed by atoms with Crippen LogP contribution >= 0.6 is 0 Å². The van der Waals surface area contributed by atoms with Crippen molar-refractivity contribution in [3.05, 3.63) is 11.9 Å². The largest absolute Gasteiger partial charge is 0.297 e. The van der Waals surface area contributed by atoms with Crippen molar-refractivity contribution in [2.75, 3.05) is 13.1 Å². The molecule has 0 N–H and O–H groups in total. The molecule has 0 aromatic rings. The third-order valence-electron chi connectivity index (χ3n) is 2.48. The Hall–Kier alpha value is -0.370. The quantitative estimate of drug-likeness (QED) is 0.586. The van der Waals surface area contributed by atoms with Gasteiger partial charge in [-0.3, -0.25) is 4.90 Å². The topological polar surface area (TPSA) is 3.24 Å². The Balaban J connectivity index is 2.53. The summed E-state index contributed by atoms with van der Waals surface area (Å²) >= 11 is 0. The Bertz CT molecular complexity index is 163. The second-order valence-electron chi connectivity index (χ2n) is 3.79. The van der Waals surface area contributed by atoms with Crippen LogP contribution in [0.3, 0.4) is 0 Å². The van der Waals surface area contributed by atoms with Crippen molar-refractivity contribution in [1.82, 2.24) is 4.90 Å². The highest BCUT2D eigenvalue weighted by atomic mass is 19.1. The molecule has 70 valence electrons. The van der Waals surface area contributed by atoms with E-state index in [1.165, 1.54) is 6.42 Å². The molecule has 0 radical (unpaired) electrons. The second-order valence-corrected chi connectivity index (χ2v) is 3.79. The predicted molar refractivity (Wildman–Crippen MR) is 49.8 cm³/mol. The Morgan fingerprint density at radius 2 is 2.17 bits per heavy atom. The van der Waals surface area contributed by atoms with Crippen LogP contribution in [-0.4, -0.2) is 24.0 Å². The van der Waals surface area contributed by atoms with Crippen molar-refractivity contribution in [3.8, 4) is 0 Å². The molecule has 1 saturated heterocycles. The maximum Gasteiger partial charge on any atom is 0.0871 e. The zero-order chi connectivity index (χ0) is 8.97. The van der Waals surface area contributed by atoms with Gasteiger partial charge in [0, 0.05) is 12.6 Å². The van der Waals surface area contributed by atoms with Crippen molar-refractivity contribution in [3.63, 3.8) is 0 Å². The zero-order valence-corrected chi connectivity index (χ0v) is 8.02. The molecule has 0 saturated carbocycles. The normalized spacial score (nSPS) is 24.8. The van der Waals surface area contributed by atoms with Crippen LogP contribution in [0.5, 0.6) is 0 Å². The maximum absolute atomic E-state index is 12.3. The highest BCUT2D eigenvalue weighted by Gasteiger charge is 2.14. The maximum atomic E-state index is 12.3. The highest BCUT2D eigenvalue weighted by molar-refractivity contribution is 5.02. The fourth-order valence-corrected chi connectivity index (χ4v) is 1.62. The molecule has 0 unspecified atom stereocenters. The second kappa shape index (κ2) is 4.61. The minimum Gasteiger partial charge on any atom is -0.297 e. The summed E-state index contributed by atoms with van der Waals surface area (Å²) in [6.45, 7) is 6.28. The van der Waals surface area contributed by atoms with Gasteiger partial charge in [0.25, 0.3) is 0 Å². The van der Waals surface area contributed by atoms with Crippen molar-refractivity contribution >= 4 is 0 Å². The van der Waals surface area contributed by atoms with E-state index in [0.29, 0.717) is 6.04 Å². The lowest BCUT2D eigenvalue weighted by Crippen LogP contribution is -2.32. The molecular formula is C10H18FN. The summed E-state index contributed by atoms with van der Waals surface area (Å²) in [4.78, 5) is 2.33. The Labute approximate surface area is 74.3 Å². The molecule has 2 heteroatoms. The van der Waals surface area contributed by atoms with Crippen LogP contribution in [0.4, 0.5) is 4.39 Å². The van der Waals surface area contributed by atoms with Crippen molar-refractivity contribution in [2.45, 2.75) is 39.2 Å². The third kappa shape index (κ3) is 2.59. The van der Waals surface area contributed by atoms with Crippen molar-refractivity contribution < 1.29 is 4.39 Å². The Morgan fingerprint density at radius 1 is 1.42 bits per heavy atom. The van der Waals surface area contributed by atoms with Crippen LogP contribution in [0, 0.1) is 0 Å². The molecule has 0 aliphatic carbocycles. The summed E-state index contributed by atoms with van der Waals surface area (Å²) in [5.41, 5.74) is 0.959. The number of nitrogens with zero attached hydrogens (tertiary/aromatic N) is 1. The molecule has 1 aliphatic rings. The number of hydrogen-bond acceptors (Lipinski definition) is 1. The van der Waals surface area contributed by atoms with E-state index in [1.54, 1.807) is 0 Å². The molecule has 1 nitrogen and oxygen atoms in total. The van der Waals surface area contributed by atoms with Crippen LogP contribution in [0.25, 0.3) is 0 Å². The zero-order valence-electron chi connectivity index (χ0n) is 8.02. The lowest BCUT2D eigenvalue weighted by Gasteiger charge is -2.24. The fraction of sp³-hybridized carbons (Fsp3) is 0.800. The van der Waals surface area contributed by atoms with E-state index in [1.807, 2.05) is 0 Å². The van der Waals surface area contributed by atoms with E-state index >= 15 is 0 Å². The standard InChI is InChI=1S/C10H18FN/c1-9(2)12-6-4-3-5-10(7-11)8-12/h7,9H,3-6,8H2,1-2H3/b10-7-. The minimum absolute atomic E-state index is 0.540. The van der Waals surface area contributed by atoms with Gasteiger partial charge in [-0.1, -0.05) is 0 Å². The SMILES string of the molecule is CC(C)N1CCCC/C(=C/F)C1. The van der Waals surface area contributed by atoms with E-state index < -0.39 is 0 Å². The van der Waals surface area contributed by atoms with Crippen molar-refractivity contribution in [1.29, 1.82) is 0 Å². The Morgan fingerprint density at radius 3 is 2.75 bits per heavy atom. The molecule has 1 aliphatic heterocycles. The smallest absolute Gasteiger partial charge is 0.0871 e. The minimum atomic E-state index is 0.540. The van der Waals surface area contributed by atoms with Crippen LogP contribution in [0.15, 0.2) is 11.9 Å². The average molecular weight is 171 g/mol. The van der Waals surface area contributed by atoms with Gasteiger partial charge < -0.3 is 0 Å². The van der Waals surface area contributed by atoms with E-state index in [0.717, 1.165) is 37.8 Å². The lowest BCUT2D eigenvalue weighted by atomic mass is 10.1. The molecule has 12 heavy (non-hydrogen) atoms. The summed E-state index contributed by atoms with van der Waals surface area (Å²) in [7, 11) is 0. The summed E-state index contributed by atoms with van der Waals surface area (Å²) in [5, 5.41) is 0. The average Bonchev–Trinajstić information content (AvgIpc) is 2.28. The molecule has 0 atom stereocenters. The fourth-order valence-electron chi connectivity index (χ4n) is 1.62. The summed E-state index contributed by atoms with van der Waals surface area (Å²) in [6, 6.07) is 0.540. The van der Waals surface area contributed by atoms with Gasteiger partial charge in [-0.2, -0.15) is 0 Å². The number of rotatable bonds is 1. The molecule has 0 bridgehead atoms. The Kier molecular flexibility index (Phi) is 3.73. The van der Waals surface area contributed by atoms with E-state index in [-0.39, 0.29) is 0 Å². The molecule has 0 spiro atoms. The van der Waals surface area contributed by atoms with Crippen LogP contribution in [0.2, 0.25) is 0 Å². The number of likely N-dealkylation sites (tertiary alicyclic amines) is 1. The van der Waals surface area contributed by atoms with E-state index in [9.17, 15) is 4.39 Å². The number of halogens is 1. The molecule has 0 amide bonds. The number of hydrogen-bond donors (Lipinski definition) is 0. The summed E-state index contributed by atoms with van der Waals surface area (Å²) in [6.07, 6.45) is 4.08. The first-order chi connectivity index (χ1) is 5.74. The third-order valence-corrected chi connectivity index (χ3v) is 2.48. The molecule has 1 rings (SSSR count). The van der Waals surface area contributed by atoms with E-state index in [4.69, 9.17) is 0 Å².